The first-order chi connectivity index (χ1) is 15.6. The predicted molar refractivity (Wildman–Crippen MR) is 121 cm³/mol. The monoisotopic (exact) mass is 456 g/mol. The molecule has 3 heterocycles. The molecule has 4 rings (SSSR count). The number of hydrogen-bond donors (Lipinski definition) is 2. The maximum atomic E-state index is 12.9. The van der Waals surface area contributed by atoms with Gasteiger partial charge in [-0.1, -0.05) is 42.4 Å². The normalized spacial score (nSPS) is 12.4. The topological polar surface area (TPSA) is 122 Å². The van der Waals surface area contributed by atoms with Crippen molar-refractivity contribution in [2.24, 2.45) is 0 Å². The average Bonchev–Trinajstić information content (AvgIpc) is 3.42. The predicted octanol–water partition coefficient (Wildman–Crippen LogP) is 3.14. The number of nitrogens with one attached hydrogen (secondary N) is 2. The molecular weight excluding hydrogens is 432 g/mol. The van der Waals surface area contributed by atoms with E-state index >= 15 is 0 Å². The van der Waals surface area contributed by atoms with E-state index in [1.54, 1.807) is 0 Å². The molecule has 0 aliphatic heterocycles. The van der Waals surface area contributed by atoms with E-state index in [-0.39, 0.29) is 23.7 Å². The van der Waals surface area contributed by atoms with Crippen LogP contribution in [0.1, 0.15) is 55.2 Å². The largest absolute Gasteiger partial charge is 0.339 e. The third-order valence-electron chi connectivity index (χ3n) is 5.48. The third-order valence-corrected chi connectivity index (χ3v) is 5.70. The summed E-state index contributed by atoms with van der Waals surface area (Å²) in [6.07, 6.45) is 3.15. The number of aryl methyl sites for hydroxylation is 1. The summed E-state index contributed by atoms with van der Waals surface area (Å²) < 4.78 is 6.49. The van der Waals surface area contributed by atoms with Crippen molar-refractivity contribution in [3.05, 3.63) is 74.3 Å². The molecule has 9 nitrogen and oxygen atoms in total. The fraction of sp³-hybridized carbons (Fsp3) is 0.409. The summed E-state index contributed by atoms with van der Waals surface area (Å²) >= 11 is 5.87. The summed E-state index contributed by atoms with van der Waals surface area (Å²) in [5, 5.41) is 4.00. The van der Waals surface area contributed by atoms with Crippen LogP contribution in [0.5, 0.6) is 0 Å². The zero-order valence-corrected chi connectivity index (χ0v) is 18.6. The van der Waals surface area contributed by atoms with E-state index in [0.717, 1.165) is 18.4 Å². The van der Waals surface area contributed by atoms with Crippen LogP contribution in [0, 0.1) is 0 Å². The number of benzene rings is 1. The van der Waals surface area contributed by atoms with Crippen LogP contribution < -0.4 is 11.2 Å². The average molecular weight is 457 g/mol. The first-order valence-corrected chi connectivity index (χ1v) is 11.3. The van der Waals surface area contributed by atoms with Gasteiger partial charge in [0, 0.05) is 24.8 Å². The van der Waals surface area contributed by atoms with Crippen molar-refractivity contribution < 1.29 is 4.52 Å². The first-order valence-electron chi connectivity index (χ1n) is 10.7. The number of halogens is 1. The first kappa shape index (κ1) is 22.0. The van der Waals surface area contributed by atoms with E-state index in [4.69, 9.17) is 16.1 Å². The highest BCUT2D eigenvalue weighted by Gasteiger charge is 2.17. The number of aromatic amines is 2. The minimum absolute atomic E-state index is 0.111. The Labute approximate surface area is 188 Å². The molecule has 0 amide bonds. The van der Waals surface area contributed by atoms with E-state index < -0.39 is 5.69 Å². The second kappa shape index (κ2) is 9.95. The molecule has 2 N–H and O–H groups in total. The van der Waals surface area contributed by atoms with Gasteiger partial charge in [-0.15, -0.1) is 11.6 Å². The lowest BCUT2D eigenvalue weighted by atomic mass is 10.0. The second-order valence-corrected chi connectivity index (χ2v) is 8.06. The zero-order valence-electron chi connectivity index (χ0n) is 17.8. The summed E-state index contributed by atoms with van der Waals surface area (Å²) in [5.41, 5.74) is 0.801. The smallest absolute Gasteiger partial charge is 0.330 e. The molecule has 4 aromatic rings. The number of fused-ring (bicyclic) bond motifs is 1. The number of rotatable bonds is 10. The maximum Gasteiger partial charge on any atom is 0.330 e. The molecule has 1 atom stereocenters. The van der Waals surface area contributed by atoms with E-state index in [9.17, 15) is 9.59 Å². The van der Waals surface area contributed by atoms with E-state index in [1.807, 2.05) is 37.3 Å². The Bertz CT molecular complexity index is 1290. The molecule has 0 aliphatic rings. The molecule has 10 heteroatoms. The standard InChI is InChI=1S/C22H25ClN6O3/c1-2-15(10-11-23)19-25-18-20(26-19)27-22(31)29(21(18)30)12-6-9-16-24-17(32-28-16)13-14-7-4-3-5-8-14/h3-5,7-8,15H,2,6,9-13H2,1H3,(H,25,26)(H,27,31). The van der Waals surface area contributed by atoms with Gasteiger partial charge in [-0.2, -0.15) is 4.98 Å². The van der Waals surface area contributed by atoms with Crippen molar-refractivity contribution in [2.45, 2.75) is 51.5 Å². The quantitative estimate of drug-likeness (QED) is 0.353. The summed E-state index contributed by atoms with van der Waals surface area (Å²) in [6, 6.07) is 9.87. The summed E-state index contributed by atoms with van der Waals surface area (Å²) in [4.78, 5) is 39.9. The lowest BCUT2D eigenvalue weighted by Crippen LogP contribution is -2.35. The SMILES string of the molecule is CCC(CCCl)c1nc2[nH]c(=O)n(CCCc3noc(Cc4ccccc4)n3)c(=O)c2[nH]1. The van der Waals surface area contributed by atoms with E-state index in [1.165, 1.54) is 4.57 Å². The Hall–Kier alpha value is -3.20. The van der Waals surface area contributed by atoms with E-state index in [2.05, 4.69) is 25.1 Å². The Morgan fingerprint density at radius 1 is 1.16 bits per heavy atom. The molecule has 0 fully saturated rings. The molecule has 0 spiro atoms. The van der Waals surface area contributed by atoms with Crippen LogP contribution in [0.4, 0.5) is 0 Å². The van der Waals surface area contributed by atoms with Gasteiger partial charge in [-0.25, -0.2) is 9.78 Å². The van der Waals surface area contributed by atoms with Gasteiger partial charge in [0.15, 0.2) is 11.5 Å². The lowest BCUT2D eigenvalue weighted by molar-refractivity contribution is 0.378. The summed E-state index contributed by atoms with van der Waals surface area (Å²) in [5.74, 6) is 2.37. The van der Waals surface area contributed by atoms with Gasteiger partial charge in [-0.3, -0.25) is 14.3 Å². The number of hydrogen-bond acceptors (Lipinski definition) is 6. The molecule has 168 valence electrons. The highest BCUT2D eigenvalue weighted by Crippen LogP contribution is 2.22. The minimum Gasteiger partial charge on any atom is -0.339 e. The number of aromatic nitrogens is 6. The summed E-state index contributed by atoms with van der Waals surface area (Å²) in [7, 11) is 0. The van der Waals surface area contributed by atoms with Gasteiger partial charge in [0.25, 0.3) is 5.56 Å². The Kier molecular flexibility index (Phi) is 6.84. The maximum absolute atomic E-state index is 12.9. The molecule has 0 aliphatic carbocycles. The fourth-order valence-electron chi connectivity index (χ4n) is 3.72. The van der Waals surface area contributed by atoms with Crippen LogP contribution >= 0.6 is 11.6 Å². The third kappa shape index (κ3) is 4.83. The van der Waals surface area contributed by atoms with Gasteiger partial charge in [0.05, 0.1) is 6.42 Å². The highest BCUT2D eigenvalue weighted by atomic mass is 35.5. The number of H-pyrrole nitrogens is 2. The van der Waals surface area contributed by atoms with Gasteiger partial charge in [0.2, 0.25) is 5.89 Å². The van der Waals surface area contributed by atoms with Crippen molar-refractivity contribution >= 4 is 22.8 Å². The van der Waals surface area contributed by atoms with Crippen LogP contribution in [0.25, 0.3) is 11.2 Å². The lowest BCUT2D eigenvalue weighted by Gasteiger charge is -2.08. The molecule has 1 unspecified atom stereocenters. The van der Waals surface area contributed by atoms with Gasteiger partial charge >= 0.3 is 5.69 Å². The van der Waals surface area contributed by atoms with Crippen LogP contribution in [-0.2, 0) is 19.4 Å². The number of nitrogens with zero attached hydrogens (tertiary/aromatic N) is 4. The van der Waals surface area contributed by atoms with Crippen LogP contribution in [0.2, 0.25) is 0 Å². The zero-order chi connectivity index (χ0) is 22.5. The highest BCUT2D eigenvalue weighted by molar-refractivity contribution is 6.17. The van der Waals surface area contributed by atoms with Gasteiger partial charge in [0.1, 0.15) is 11.3 Å². The molecule has 1 aromatic carbocycles. The van der Waals surface area contributed by atoms with Crippen LogP contribution in [0.3, 0.4) is 0 Å². The molecule has 0 saturated heterocycles. The molecule has 0 radical (unpaired) electrons. The van der Waals surface area contributed by atoms with Crippen molar-refractivity contribution in [2.75, 3.05) is 5.88 Å². The van der Waals surface area contributed by atoms with Crippen molar-refractivity contribution in [3.63, 3.8) is 0 Å². The molecule has 3 aromatic heterocycles. The Balaban J connectivity index is 1.44. The van der Waals surface area contributed by atoms with Crippen LogP contribution in [0.15, 0.2) is 44.4 Å². The molecule has 0 saturated carbocycles. The Morgan fingerprint density at radius 2 is 1.97 bits per heavy atom. The number of imidazole rings is 1. The molecular formula is C22H25ClN6O3. The van der Waals surface area contributed by atoms with Gasteiger partial charge < -0.3 is 9.51 Å². The number of alkyl halides is 1. The van der Waals surface area contributed by atoms with E-state index in [0.29, 0.717) is 48.2 Å². The minimum atomic E-state index is -0.483. The Morgan fingerprint density at radius 3 is 2.72 bits per heavy atom. The van der Waals surface area contributed by atoms with Crippen molar-refractivity contribution in [1.29, 1.82) is 0 Å². The van der Waals surface area contributed by atoms with Gasteiger partial charge in [-0.05, 0) is 24.8 Å². The fourth-order valence-corrected chi connectivity index (χ4v) is 3.99. The second-order valence-electron chi connectivity index (χ2n) is 7.69. The van der Waals surface area contributed by atoms with Crippen molar-refractivity contribution in [1.82, 2.24) is 29.7 Å². The summed E-state index contributed by atoms with van der Waals surface area (Å²) in [6.45, 7) is 2.27. The van der Waals surface area contributed by atoms with Crippen molar-refractivity contribution in [3.8, 4) is 0 Å². The molecule has 32 heavy (non-hydrogen) atoms. The molecule has 0 bridgehead atoms. The van der Waals surface area contributed by atoms with Crippen LogP contribution in [-0.4, -0.2) is 35.5 Å².